The highest BCUT2D eigenvalue weighted by Gasteiger charge is 2.24. The first-order valence-electron chi connectivity index (χ1n) is 9.52. The molecule has 0 spiro atoms. The lowest BCUT2D eigenvalue weighted by molar-refractivity contribution is 0.0994. The van der Waals surface area contributed by atoms with Crippen LogP contribution in [0.25, 0.3) is 17.1 Å². The molecule has 10 heteroatoms. The summed E-state index contributed by atoms with van der Waals surface area (Å²) in [6.45, 7) is 2.21. The van der Waals surface area contributed by atoms with Gasteiger partial charge < -0.3 is 5.73 Å². The first-order chi connectivity index (χ1) is 14.3. The average Bonchev–Trinajstić information content (AvgIpc) is 3.11. The van der Waals surface area contributed by atoms with E-state index >= 15 is 0 Å². The smallest absolute Gasteiger partial charge is 0.269 e. The van der Waals surface area contributed by atoms with Gasteiger partial charge in [-0.15, -0.1) is 0 Å². The number of amides is 1. The number of rotatable bonds is 9. The number of primary amides is 1. The summed E-state index contributed by atoms with van der Waals surface area (Å²) in [5, 5.41) is 4.47. The second-order valence-electron chi connectivity index (χ2n) is 6.91. The molecule has 158 valence electrons. The molecule has 0 aromatic carbocycles. The predicted octanol–water partition coefficient (Wildman–Crippen LogP) is 1.82. The van der Waals surface area contributed by atoms with Crippen molar-refractivity contribution in [2.24, 2.45) is 5.73 Å². The number of hydrogen-bond donors (Lipinski definition) is 2. The first-order valence-corrected chi connectivity index (χ1v) is 11.4. The van der Waals surface area contributed by atoms with Crippen molar-refractivity contribution in [1.82, 2.24) is 24.5 Å². The van der Waals surface area contributed by atoms with Crippen LogP contribution in [0.5, 0.6) is 0 Å². The lowest BCUT2D eigenvalue weighted by atomic mass is 10.0. The Morgan fingerprint density at radius 3 is 2.60 bits per heavy atom. The largest absolute Gasteiger partial charge is 0.364 e. The molecule has 0 aliphatic carbocycles. The fourth-order valence-electron chi connectivity index (χ4n) is 3.05. The highest BCUT2D eigenvalue weighted by atomic mass is 32.2. The number of aromatic nitrogens is 4. The highest BCUT2D eigenvalue weighted by molar-refractivity contribution is 7.88. The monoisotopic (exact) mass is 428 g/mol. The third-order valence-corrected chi connectivity index (χ3v) is 5.16. The van der Waals surface area contributed by atoms with Gasteiger partial charge in [0.1, 0.15) is 0 Å². The van der Waals surface area contributed by atoms with Gasteiger partial charge in [-0.1, -0.05) is 19.4 Å². The molecule has 3 aromatic heterocycles. The lowest BCUT2D eigenvalue weighted by Crippen LogP contribution is -2.21. The van der Waals surface area contributed by atoms with Crippen LogP contribution >= 0.6 is 0 Å². The van der Waals surface area contributed by atoms with Gasteiger partial charge in [0.05, 0.1) is 29.5 Å². The molecule has 3 rings (SSSR count). The summed E-state index contributed by atoms with van der Waals surface area (Å²) in [7, 11) is -3.30. The van der Waals surface area contributed by atoms with Crippen molar-refractivity contribution in [3.63, 3.8) is 0 Å². The molecule has 3 heterocycles. The van der Waals surface area contributed by atoms with Gasteiger partial charge in [0.25, 0.3) is 5.91 Å². The van der Waals surface area contributed by atoms with Gasteiger partial charge >= 0.3 is 0 Å². The van der Waals surface area contributed by atoms with E-state index in [0.29, 0.717) is 29.1 Å². The van der Waals surface area contributed by atoms with Gasteiger partial charge in [0.15, 0.2) is 5.69 Å². The van der Waals surface area contributed by atoms with E-state index in [2.05, 4.69) is 26.7 Å². The number of carbonyl (C=O) groups excluding carboxylic acids is 1. The maximum Gasteiger partial charge on any atom is 0.269 e. The Bertz CT molecular complexity index is 1130. The number of carbonyl (C=O) groups is 1. The Kier molecular flexibility index (Phi) is 6.58. The van der Waals surface area contributed by atoms with E-state index in [1.54, 1.807) is 41.5 Å². The molecule has 3 aromatic rings. The Labute approximate surface area is 175 Å². The minimum absolute atomic E-state index is 0.142. The van der Waals surface area contributed by atoms with Gasteiger partial charge in [-0.05, 0) is 36.6 Å². The Morgan fingerprint density at radius 1 is 1.23 bits per heavy atom. The SMILES string of the molecule is CCCCc1c(C(N)=O)nn(-c2cccnc2)c1-c1ccc(CNS(C)(=O)=O)cn1. The predicted molar refractivity (Wildman–Crippen MR) is 113 cm³/mol. The van der Waals surface area contributed by atoms with Crippen LogP contribution in [-0.4, -0.2) is 40.3 Å². The molecule has 0 atom stereocenters. The fraction of sp³-hybridized carbons (Fsp3) is 0.300. The van der Waals surface area contributed by atoms with E-state index in [9.17, 15) is 13.2 Å². The number of hydrogen-bond acceptors (Lipinski definition) is 6. The van der Waals surface area contributed by atoms with Crippen LogP contribution in [0.3, 0.4) is 0 Å². The Balaban J connectivity index is 2.10. The molecule has 0 fully saturated rings. The number of nitrogens with zero attached hydrogens (tertiary/aromatic N) is 4. The quantitative estimate of drug-likeness (QED) is 0.534. The molecule has 0 radical (unpaired) electrons. The molecule has 1 amide bonds. The van der Waals surface area contributed by atoms with E-state index in [-0.39, 0.29) is 12.2 Å². The normalized spacial score (nSPS) is 11.5. The Morgan fingerprint density at radius 2 is 2.03 bits per heavy atom. The van der Waals surface area contributed by atoms with Crippen LogP contribution in [0.15, 0.2) is 42.9 Å². The summed E-state index contributed by atoms with van der Waals surface area (Å²) in [6.07, 6.45) is 8.44. The minimum atomic E-state index is -3.30. The molecule has 0 saturated carbocycles. The molecule has 9 nitrogen and oxygen atoms in total. The van der Waals surface area contributed by atoms with Crippen LogP contribution in [0.4, 0.5) is 0 Å². The molecule has 0 unspecified atom stereocenters. The summed E-state index contributed by atoms with van der Waals surface area (Å²) < 4.78 is 26.7. The van der Waals surface area contributed by atoms with E-state index in [0.717, 1.165) is 24.7 Å². The molecule has 30 heavy (non-hydrogen) atoms. The van der Waals surface area contributed by atoms with Crippen LogP contribution in [0.2, 0.25) is 0 Å². The zero-order chi connectivity index (χ0) is 21.7. The van der Waals surface area contributed by atoms with Gasteiger partial charge in [-0.3, -0.25) is 14.8 Å². The van der Waals surface area contributed by atoms with E-state index in [1.165, 1.54) is 0 Å². The molecule has 0 saturated heterocycles. The molecular formula is C20H24N6O3S. The highest BCUT2D eigenvalue weighted by Crippen LogP contribution is 2.29. The van der Waals surface area contributed by atoms with Crippen molar-refractivity contribution < 1.29 is 13.2 Å². The van der Waals surface area contributed by atoms with Gasteiger partial charge in [-0.2, -0.15) is 5.10 Å². The minimum Gasteiger partial charge on any atom is -0.364 e. The molecule has 0 aliphatic rings. The number of pyridine rings is 2. The van der Waals surface area contributed by atoms with E-state index < -0.39 is 15.9 Å². The lowest BCUT2D eigenvalue weighted by Gasteiger charge is -2.10. The third-order valence-electron chi connectivity index (χ3n) is 4.49. The van der Waals surface area contributed by atoms with Crippen LogP contribution in [0.1, 0.15) is 41.4 Å². The van der Waals surface area contributed by atoms with Gasteiger partial charge in [-0.25, -0.2) is 17.8 Å². The van der Waals surface area contributed by atoms with Crippen molar-refractivity contribution in [2.75, 3.05) is 6.26 Å². The summed E-state index contributed by atoms with van der Waals surface area (Å²) in [5.74, 6) is -0.598. The maximum absolute atomic E-state index is 12.1. The zero-order valence-corrected chi connectivity index (χ0v) is 17.7. The van der Waals surface area contributed by atoms with E-state index in [4.69, 9.17) is 5.73 Å². The summed E-state index contributed by atoms with van der Waals surface area (Å²) in [5.41, 5.74) is 9.24. The maximum atomic E-state index is 12.1. The zero-order valence-electron chi connectivity index (χ0n) is 16.9. The third kappa shape index (κ3) is 5.08. The van der Waals surface area contributed by atoms with Crippen LogP contribution in [0, 0.1) is 0 Å². The molecular weight excluding hydrogens is 404 g/mol. The first kappa shape index (κ1) is 21.6. The number of nitrogens with two attached hydrogens (primary N) is 1. The van der Waals surface area contributed by atoms with Crippen molar-refractivity contribution in [3.8, 4) is 17.1 Å². The van der Waals surface area contributed by atoms with Crippen LogP contribution in [-0.2, 0) is 23.0 Å². The summed E-state index contributed by atoms with van der Waals surface area (Å²) in [4.78, 5) is 20.7. The van der Waals surface area contributed by atoms with Crippen molar-refractivity contribution in [3.05, 3.63) is 59.7 Å². The topological polar surface area (TPSA) is 133 Å². The number of unbranched alkanes of at least 4 members (excludes halogenated alkanes) is 1. The summed E-state index contributed by atoms with van der Waals surface area (Å²) >= 11 is 0. The molecule has 0 aliphatic heterocycles. The fourth-order valence-corrected chi connectivity index (χ4v) is 3.48. The van der Waals surface area contributed by atoms with Gasteiger partial charge in [0.2, 0.25) is 10.0 Å². The second-order valence-corrected chi connectivity index (χ2v) is 8.74. The average molecular weight is 429 g/mol. The van der Waals surface area contributed by atoms with Gasteiger partial charge in [0, 0.05) is 24.5 Å². The van der Waals surface area contributed by atoms with Crippen molar-refractivity contribution in [1.29, 1.82) is 0 Å². The molecule has 3 N–H and O–H groups in total. The Hall–Kier alpha value is -3.11. The molecule has 0 bridgehead atoms. The number of nitrogens with one attached hydrogen (secondary N) is 1. The van der Waals surface area contributed by atoms with Crippen molar-refractivity contribution >= 4 is 15.9 Å². The second kappa shape index (κ2) is 9.14. The standard InChI is InChI=1S/C20H24N6O3S/c1-3-4-7-16-18(20(21)27)25-26(15-6-5-10-22-13-15)19(16)17-9-8-14(11-23-17)12-24-30(2,28)29/h5-6,8-11,13,24H,3-4,7,12H2,1-2H3,(H2,21,27). The van der Waals surface area contributed by atoms with E-state index in [1.807, 2.05) is 6.07 Å². The number of sulfonamides is 1. The van der Waals surface area contributed by atoms with Crippen molar-refractivity contribution in [2.45, 2.75) is 32.7 Å². The van der Waals surface area contributed by atoms with Crippen LogP contribution < -0.4 is 10.5 Å². The summed E-state index contributed by atoms with van der Waals surface area (Å²) in [6, 6.07) is 7.18.